The number of nitrogens with one attached hydrogen (secondary N) is 2. The van der Waals surface area contributed by atoms with Gasteiger partial charge in [0, 0.05) is 11.1 Å². The monoisotopic (exact) mass is 735 g/mol. The van der Waals surface area contributed by atoms with Crippen LogP contribution < -0.4 is 26.2 Å². The van der Waals surface area contributed by atoms with Crippen molar-refractivity contribution in [3.8, 4) is 34.1 Å². The number of phenolic OH excluding ortho intramolecular Hbond substituents is 4. The van der Waals surface area contributed by atoms with Gasteiger partial charge in [0.25, 0.3) is 0 Å². The summed E-state index contributed by atoms with van der Waals surface area (Å²) in [6, 6.07) is 28.1. The highest BCUT2D eigenvalue weighted by Gasteiger charge is 2.31. The number of rotatable bonds is 9. The van der Waals surface area contributed by atoms with E-state index in [1.54, 1.807) is 0 Å². The molecule has 1 aliphatic carbocycles. The third kappa shape index (κ3) is 6.56. The summed E-state index contributed by atoms with van der Waals surface area (Å²) >= 11 is 0. The lowest BCUT2D eigenvalue weighted by Gasteiger charge is -2.46. The molecule has 0 atom stereocenters. The van der Waals surface area contributed by atoms with Crippen LogP contribution in [0.4, 0.5) is 28.4 Å². The Morgan fingerprint density at radius 2 is 0.764 bits per heavy atom. The normalized spacial score (nSPS) is 11.6. The van der Waals surface area contributed by atoms with Crippen molar-refractivity contribution in [2.45, 2.75) is 55.4 Å². The predicted octanol–water partition coefficient (Wildman–Crippen LogP) is 9.89. The minimum atomic E-state index is -0.0600. The molecular weight excluding hydrogens is 691 g/mol. The van der Waals surface area contributed by atoms with E-state index >= 15 is 0 Å². The molecule has 10 nitrogen and oxygen atoms in total. The van der Waals surface area contributed by atoms with Gasteiger partial charge in [0.2, 0.25) is 0 Å². The minimum absolute atomic E-state index is 0.0600. The van der Waals surface area contributed by atoms with E-state index in [9.17, 15) is 25.2 Å². The largest absolute Gasteiger partial charge is 0.507 e. The molecule has 0 aliphatic heterocycles. The molecule has 55 heavy (non-hydrogen) atoms. The zero-order chi connectivity index (χ0) is 39.5. The van der Waals surface area contributed by atoms with Crippen LogP contribution in [0.3, 0.4) is 0 Å². The topological polar surface area (TPSA) is 132 Å². The van der Waals surface area contributed by atoms with Crippen molar-refractivity contribution in [1.82, 2.24) is 0 Å². The first kappa shape index (κ1) is 36.5. The van der Waals surface area contributed by atoms with E-state index in [4.69, 9.17) is 0 Å². The number of carbonyl (C=O) groups is 1. The second-order valence-corrected chi connectivity index (χ2v) is 14.5. The lowest BCUT2D eigenvalue weighted by Crippen LogP contribution is -2.59. The first-order valence-corrected chi connectivity index (χ1v) is 18.1. The molecule has 0 radical (unpaired) electrons. The van der Waals surface area contributed by atoms with Gasteiger partial charge in [-0.1, -0.05) is 30.3 Å². The Labute approximate surface area is 321 Å². The van der Waals surface area contributed by atoms with Crippen LogP contribution in [0.1, 0.15) is 60.4 Å². The van der Waals surface area contributed by atoms with E-state index in [1.807, 2.05) is 162 Å². The van der Waals surface area contributed by atoms with E-state index in [0.717, 1.165) is 11.1 Å². The number of phenols is 4. The fourth-order valence-electron chi connectivity index (χ4n) is 7.28. The van der Waals surface area contributed by atoms with Gasteiger partial charge in [-0.3, -0.25) is 15.6 Å². The van der Waals surface area contributed by atoms with Gasteiger partial charge in [0.1, 0.15) is 23.0 Å². The van der Waals surface area contributed by atoms with Crippen LogP contribution in [0.5, 0.6) is 23.0 Å². The fraction of sp³-hybridized carbons (Fsp3) is 0.178. The van der Waals surface area contributed by atoms with E-state index in [2.05, 4.69) is 10.9 Å². The molecule has 0 unspecified atom stereocenters. The fourth-order valence-corrected chi connectivity index (χ4v) is 7.28. The Hall–Kier alpha value is -6.81. The number of hydrogen-bond acceptors (Lipinski definition) is 10. The first-order valence-electron chi connectivity index (χ1n) is 18.1. The number of aromatic hydroxyl groups is 4. The van der Waals surface area contributed by atoms with E-state index < -0.39 is 0 Å². The van der Waals surface area contributed by atoms with Crippen molar-refractivity contribution in [3.05, 3.63) is 147 Å². The summed E-state index contributed by atoms with van der Waals surface area (Å²) in [4.78, 5) is 13.7. The van der Waals surface area contributed by atoms with Gasteiger partial charge in [-0.15, -0.1) is 0 Å². The number of ketones is 1. The van der Waals surface area contributed by atoms with Crippen LogP contribution in [0, 0.1) is 55.4 Å². The van der Waals surface area contributed by atoms with Crippen molar-refractivity contribution in [2.75, 3.05) is 26.2 Å². The van der Waals surface area contributed by atoms with Gasteiger partial charge in [-0.05, 0) is 172 Å². The van der Waals surface area contributed by atoms with Gasteiger partial charge in [-0.2, -0.15) is 15.4 Å². The molecule has 280 valence electrons. The average Bonchev–Trinajstić information content (AvgIpc) is 3.43. The minimum Gasteiger partial charge on any atom is -0.507 e. The van der Waals surface area contributed by atoms with Crippen LogP contribution in [-0.2, 0) is 0 Å². The molecule has 0 aromatic heterocycles. The molecule has 0 spiro atoms. The standard InChI is InChI=1S/C45H45N5O5/c1-24-15-33(16-25(2)41(24)51)47-49(35-19-28(5)43(53)29(6)20-35)50(36-21-30(7)44(54)31(8)22-36)48(34-17-26(3)42(52)27(4)18-34)46-32-13-14-38-37-11-9-10-12-39(37)45(55)40(38)23-32/h9-23,46-47,51-54H,1-8H3. The van der Waals surface area contributed by atoms with Crippen molar-refractivity contribution in [3.63, 3.8) is 0 Å². The smallest absolute Gasteiger partial charge is 0.194 e. The first-order chi connectivity index (χ1) is 26.1. The summed E-state index contributed by atoms with van der Waals surface area (Å²) in [5, 5.41) is 49.0. The van der Waals surface area contributed by atoms with Crippen molar-refractivity contribution in [1.29, 1.82) is 0 Å². The highest BCUT2D eigenvalue weighted by atomic mass is 16.3. The van der Waals surface area contributed by atoms with E-state index in [-0.39, 0.29) is 28.8 Å². The Morgan fingerprint density at radius 3 is 1.22 bits per heavy atom. The second kappa shape index (κ2) is 13.9. The molecule has 6 aromatic rings. The van der Waals surface area contributed by atoms with Crippen LogP contribution in [-0.4, -0.2) is 26.2 Å². The van der Waals surface area contributed by atoms with E-state index in [1.165, 1.54) is 0 Å². The molecule has 0 saturated carbocycles. The molecule has 7 rings (SSSR count). The maximum Gasteiger partial charge on any atom is 0.194 e. The predicted molar refractivity (Wildman–Crippen MR) is 220 cm³/mol. The summed E-state index contributed by atoms with van der Waals surface area (Å²) in [5.74, 6) is 0.641. The maximum atomic E-state index is 13.7. The second-order valence-electron chi connectivity index (χ2n) is 14.5. The number of fused-ring (bicyclic) bond motifs is 3. The molecule has 0 saturated heterocycles. The van der Waals surface area contributed by atoms with Crippen LogP contribution >= 0.6 is 0 Å². The summed E-state index contributed by atoms with van der Waals surface area (Å²) in [6.45, 7) is 14.7. The number of nitrogens with zero attached hydrogens (tertiary/aromatic N) is 3. The highest BCUT2D eigenvalue weighted by molar-refractivity contribution is 6.22. The van der Waals surface area contributed by atoms with Gasteiger partial charge >= 0.3 is 0 Å². The van der Waals surface area contributed by atoms with Crippen LogP contribution in [0.25, 0.3) is 11.1 Å². The number of aryl methyl sites for hydroxylation is 8. The van der Waals surface area contributed by atoms with Gasteiger partial charge in [0.05, 0.1) is 28.4 Å². The number of benzene rings is 6. The summed E-state index contributed by atoms with van der Waals surface area (Å²) < 4.78 is 0. The molecule has 6 N–H and O–H groups in total. The third-order valence-corrected chi connectivity index (χ3v) is 10.2. The van der Waals surface area contributed by atoms with E-state index in [0.29, 0.717) is 84.1 Å². The van der Waals surface area contributed by atoms with Crippen molar-refractivity contribution in [2.24, 2.45) is 0 Å². The molecule has 6 aromatic carbocycles. The molecule has 0 fully saturated rings. The number of carbonyl (C=O) groups excluding carboxylic acids is 1. The SMILES string of the molecule is Cc1cc(NN(c2cc(C)c(O)c(C)c2)N(c2cc(C)c(O)c(C)c2)N(Nc2ccc3c(c2)C(=O)c2ccccc2-3)c2cc(C)c(O)c(C)c2)cc(C)c1O. The Balaban J connectivity index is 1.50. The molecule has 1 aliphatic rings. The van der Waals surface area contributed by atoms with Gasteiger partial charge in [-0.25, -0.2) is 0 Å². The van der Waals surface area contributed by atoms with Crippen molar-refractivity contribution < 1.29 is 25.2 Å². The molecule has 0 bridgehead atoms. The Morgan fingerprint density at radius 1 is 0.400 bits per heavy atom. The Kier molecular flexibility index (Phi) is 9.22. The Bertz CT molecular complexity index is 2440. The average molecular weight is 736 g/mol. The number of anilines is 5. The zero-order valence-electron chi connectivity index (χ0n) is 32.2. The lowest BCUT2D eigenvalue weighted by atomic mass is 10.1. The third-order valence-electron chi connectivity index (χ3n) is 10.2. The lowest BCUT2D eigenvalue weighted by molar-refractivity contribution is 0.104. The molecular formula is C45H45N5O5. The van der Waals surface area contributed by atoms with Crippen molar-refractivity contribution >= 4 is 34.2 Å². The van der Waals surface area contributed by atoms with Crippen LogP contribution in [0.2, 0.25) is 0 Å². The highest BCUT2D eigenvalue weighted by Crippen LogP contribution is 2.41. The quantitative estimate of drug-likeness (QED) is 0.0629. The zero-order valence-corrected chi connectivity index (χ0v) is 32.2. The molecule has 10 heteroatoms. The maximum absolute atomic E-state index is 13.7. The molecule has 0 heterocycles. The summed E-state index contributed by atoms with van der Waals surface area (Å²) in [5.41, 5.74) is 18.5. The number of hydrogen-bond donors (Lipinski definition) is 6. The summed E-state index contributed by atoms with van der Waals surface area (Å²) in [6.07, 6.45) is 0. The van der Waals surface area contributed by atoms with Gasteiger partial charge in [0.15, 0.2) is 5.78 Å². The molecule has 0 amide bonds. The number of hydrazine groups is 4. The summed E-state index contributed by atoms with van der Waals surface area (Å²) in [7, 11) is 0. The van der Waals surface area contributed by atoms with Gasteiger partial charge < -0.3 is 20.4 Å². The van der Waals surface area contributed by atoms with Crippen LogP contribution in [0.15, 0.2) is 91.0 Å².